The van der Waals surface area contributed by atoms with Crippen molar-refractivity contribution < 1.29 is 28.7 Å². The summed E-state index contributed by atoms with van der Waals surface area (Å²) in [6, 6.07) is 0. The lowest BCUT2D eigenvalue weighted by atomic mass is 10.4. The summed E-state index contributed by atoms with van der Waals surface area (Å²) in [6.45, 7) is 0. The first-order valence-electron chi connectivity index (χ1n) is 3.11. The molecule has 0 saturated carbocycles. The summed E-state index contributed by atoms with van der Waals surface area (Å²) >= 11 is 1.49. The van der Waals surface area contributed by atoms with Crippen molar-refractivity contribution in [3.05, 3.63) is 6.20 Å². The maximum absolute atomic E-state index is 5.64. The van der Waals surface area contributed by atoms with Gasteiger partial charge in [0.25, 0.3) is 0 Å². The number of nitrogens with two attached hydrogens (primary N) is 2. The quantitative estimate of drug-likeness (QED) is 0.325. The number of anilines is 2. The van der Waals surface area contributed by atoms with Gasteiger partial charge in [0.15, 0.2) is 12.1 Å². The van der Waals surface area contributed by atoms with Crippen LogP contribution in [0.2, 0.25) is 0 Å². The van der Waals surface area contributed by atoms with E-state index in [4.69, 9.17) is 11.5 Å². The minimum absolute atomic E-state index is 0. The molecule has 1 heterocycles. The van der Waals surface area contributed by atoms with Gasteiger partial charge in [0.1, 0.15) is 11.4 Å². The summed E-state index contributed by atoms with van der Waals surface area (Å²) < 4.78 is 1.65. The summed E-state index contributed by atoms with van der Waals surface area (Å²) in [7, 11) is 1.82. The topological polar surface area (TPSA) is 68.8 Å². The fourth-order valence-corrected chi connectivity index (χ4v) is 1.32. The first-order chi connectivity index (χ1) is 5.15. The summed E-state index contributed by atoms with van der Waals surface area (Å²) in [5.41, 5.74) is 12.4. The molecule has 1 rings (SSSR count). The van der Waals surface area contributed by atoms with Gasteiger partial charge in [-0.3, -0.25) is 0 Å². The van der Waals surface area contributed by atoms with Crippen molar-refractivity contribution in [2.45, 2.75) is 5.03 Å². The number of thioether (sulfide) groups is 1. The Morgan fingerprint density at radius 1 is 1.50 bits per heavy atom. The molecule has 4 N–H and O–H groups in total. The van der Waals surface area contributed by atoms with Crippen molar-refractivity contribution >= 4 is 23.1 Å². The molecule has 1 aromatic rings. The van der Waals surface area contributed by atoms with Crippen LogP contribution >= 0.6 is 11.8 Å². The number of aryl methyl sites for hydroxylation is 1. The highest BCUT2D eigenvalue weighted by Crippen LogP contribution is 2.22. The highest BCUT2D eigenvalue weighted by Gasteiger charge is 2.09. The summed E-state index contributed by atoms with van der Waals surface area (Å²) in [4.78, 5) is 0. The van der Waals surface area contributed by atoms with Crippen molar-refractivity contribution in [2.75, 3.05) is 17.7 Å². The van der Waals surface area contributed by atoms with Crippen molar-refractivity contribution in [3.8, 4) is 0 Å². The molecule has 12 heavy (non-hydrogen) atoms. The average molecular weight is 298 g/mol. The summed E-state index contributed by atoms with van der Waals surface area (Å²) in [6.07, 6.45) is 3.60. The fourth-order valence-electron chi connectivity index (χ4n) is 0.771. The van der Waals surface area contributed by atoms with E-state index >= 15 is 0 Å². The second-order valence-electron chi connectivity index (χ2n) is 2.18. The highest BCUT2D eigenvalue weighted by molar-refractivity contribution is 7.98. The van der Waals surface area contributed by atoms with E-state index in [1.807, 2.05) is 13.3 Å². The van der Waals surface area contributed by atoms with Gasteiger partial charge in [-0.1, -0.05) is 4.68 Å². The van der Waals surface area contributed by atoms with E-state index < -0.39 is 0 Å². The lowest BCUT2D eigenvalue weighted by Gasteiger charge is -1.99. The normalized spacial score (nSPS) is 9.17. The number of nitrogen functional groups attached to an aromatic ring is 2. The number of hydrogen-bond donors (Lipinski definition) is 2. The minimum atomic E-state index is 0. The molecule has 0 aliphatic rings. The van der Waals surface area contributed by atoms with Gasteiger partial charge in [-0.25, -0.2) is 0 Å². The first kappa shape index (κ1) is 11.8. The van der Waals surface area contributed by atoms with Gasteiger partial charge in [-0.15, -0.1) is 11.8 Å². The van der Waals surface area contributed by atoms with E-state index in [0.29, 0.717) is 11.4 Å². The van der Waals surface area contributed by atoms with E-state index in [0.717, 1.165) is 5.03 Å². The van der Waals surface area contributed by atoms with E-state index in [-0.39, 0.29) is 24.0 Å². The Bertz CT molecular complexity index is 278. The molecule has 0 bridgehead atoms. The molecule has 6 heteroatoms. The molecule has 0 atom stereocenters. The molecular weight excluding hydrogens is 287 g/mol. The van der Waals surface area contributed by atoms with Crippen LogP contribution < -0.4 is 40.1 Å². The van der Waals surface area contributed by atoms with Crippen molar-refractivity contribution in [3.63, 3.8) is 0 Å². The number of hydrogen-bond acceptors (Lipinski definition) is 4. The maximum Gasteiger partial charge on any atom is 0.221 e. The second-order valence-corrected chi connectivity index (χ2v) is 2.98. The predicted octanol–water partition coefficient (Wildman–Crippen LogP) is -3.20. The molecule has 0 radical (unpaired) electrons. The van der Waals surface area contributed by atoms with Crippen LogP contribution in [0, 0.1) is 0 Å². The Morgan fingerprint density at radius 3 is 2.58 bits per heavy atom. The first-order valence-corrected chi connectivity index (χ1v) is 4.33. The van der Waals surface area contributed by atoms with Crippen molar-refractivity contribution in [2.24, 2.45) is 7.05 Å². The molecule has 0 spiro atoms. The fraction of sp³-hybridized carbons (Fsp3) is 0.333. The van der Waals surface area contributed by atoms with Crippen LogP contribution in [-0.4, -0.2) is 11.4 Å². The van der Waals surface area contributed by atoms with Crippen LogP contribution in [0.1, 0.15) is 0 Å². The van der Waals surface area contributed by atoms with Gasteiger partial charge in [0.2, 0.25) is 6.20 Å². The molecule has 0 amide bonds. The van der Waals surface area contributed by atoms with Crippen molar-refractivity contribution in [1.29, 1.82) is 0 Å². The summed E-state index contributed by atoms with van der Waals surface area (Å²) in [5, 5.41) is 4.90. The zero-order chi connectivity index (χ0) is 8.43. The molecule has 0 aromatic carbocycles. The molecule has 0 fully saturated rings. The Balaban J connectivity index is 0.00000121. The van der Waals surface area contributed by atoms with E-state index in [9.17, 15) is 0 Å². The zero-order valence-corrected chi connectivity index (χ0v) is 9.89. The van der Waals surface area contributed by atoms with Crippen LogP contribution in [0.25, 0.3) is 0 Å². The minimum Gasteiger partial charge on any atom is -1.00 e. The third-order valence-corrected chi connectivity index (χ3v) is 2.00. The maximum atomic E-state index is 5.64. The standard InChI is InChI=1S/C6H10N4S.HI/c1-10-3-4(7)5(8)6(9-10)11-2;/h3,8H,7H2,1-2H3;1H. The SMILES string of the molecule is CSc1n[n+](C)cc(N)c1N.[I-]. The van der Waals surface area contributed by atoms with Gasteiger partial charge >= 0.3 is 0 Å². The number of halogens is 1. The molecule has 0 aliphatic heterocycles. The average Bonchev–Trinajstić information content (AvgIpc) is 1.96. The molecule has 0 aliphatic carbocycles. The highest BCUT2D eigenvalue weighted by atomic mass is 127. The van der Waals surface area contributed by atoms with E-state index in [2.05, 4.69) is 5.10 Å². The molecule has 1 aromatic heterocycles. The lowest BCUT2D eigenvalue weighted by molar-refractivity contribution is -0.733. The van der Waals surface area contributed by atoms with Gasteiger partial charge in [-0.2, -0.15) is 0 Å². The second kappa shape index (κ2) is 4.70. The Morgan fingerprint density at radius 2 is 2.08 bits per heavy atom. The van der Waals surface area contributed by atoms with Crippen LogP contribution in [0.15, 0.2) is 11.2 Å². The monoisotopic (exact) mass is 298 g/mol. The molecular formula is C6H11IN4S. The lowest BCUT2D eigenvalue weighted by Crippen LogP contribution is -3.00. The van der Waals surface area contributed by atoms with Gasteiger partial charge in [-0.05, 0) is 6.26 Å². The van der Waals surface area contributed by atoms with Crippen LogP contribution in [0.5, 0.6) is 0 Å². The largest absolute Gasteiger partial charge is 1.00 e. The van der Waals surface area contributed by atoms with Crippen LogP contribution in [0.4, 0.5) is 11.4 Å². The Labute approximate surface area is 92.7 Å². The Kier molecular flexibility index (Phi) is 4.61. The predicted molar refractivity (Wildman–Crippen MR) is 46.0 cm³/mol. The number of nitrogens with zero attached hydrogens (tertiary/aromatic N) is 2. The third-order valence-electron chi connectivity index (χ3n) is 1.31. The zero-order valence-electron chi connectivity index (χ0n) is 6.91. The van der Waals surface area contributed by atoms with Crippen molar-refractivity contribution in [1.82, 2.24) is 5.10 Å². The van der Waals surface area contributed by atoms with Gasteiger partial charge < -0.3 is 35.4 Å². The molecule has 4 nitrogen and oxygen atoms in total. The van der Waals surface area contributed by atoms with E-state index in [1.165, 1.54) is 11.8 Å². The molecule has 0 unspecified atom stereocenters. The smallest absolute Gasteiger partial charge is 0.221 e. The van der Waals surface area contributed by atoms with Crippen LogP contribution in [0.3, 0.4) is 0 Å². The number of rotatable bonds is 1. The van der Waals surface area contributed by atoms with Crippen LogP contribution in [-0.2, 0) is 7.05 Å². The third kappa shape index (κ3) is 2.37. The Hall–Kier alpha value is -0.240. The van der Waals surface area contributed by atoms with Gasteiger partial charge in [0.05, 0.1) is 0 Å². The van der Waals surface area contributed by atoms with Gasteiger partial charge in [0, 0.05) is 5.10 Å². The number of aromatic nitrogens is 2. The molecule has 68 valence electrons. The summed E-state index contributed by atoms with van der Waals surface area (Å²) in [5.74, 6) is 0. The molecule has 0 saturated heterocycles. The van der Waals surface area contributed by atoms with E-state index in [1.54, 1.807) is 10.9 Å².